The van der Waals surface area contributed by atoms with Crippen molar-refractivity contribution in [2.75, 3.05) is 0 Å². The molecule has 0 fully saturated rings. The molecule has 0 aromatic heterocycles. The number of alkyl halides is 9. The minimum atomic E-state index is -6.73. The van der Waals surface area contributed by atoms with Crippen LogP contribution in [0.3, 0.4) is 0 Å². The number of hydrogen-bond acceptors (Lipinski definition) is 0. The van der Waals surface area contributed by atoms with Crippen molar-refractivity contribution in [2.24, 2.45) is 0 Å². The molecule has 18 heavy (non-hydrogen) atoms. The van der Waals surface area contributed by atoms with E-state index < -0.39 is 24.4 Å². The molecule has 0 rings (SSSR count). The van der Waals surface area contributed by atoms with E-state index in [0.29, 0.717) is 0 Å². The van der Waals surface area contributed by atoms with Gasteiger partial charge in [0.15, 0.2) is 0 Å². The van der Waals surface area contributed by atoms with E-state index in [0.717, 1.165) is 0 Å². The van der Waals surface area contributed by atoms with Crippen LogP contribution in [0.25, 0.3) is 0 Å². The van der Waals surface area contributed by atoms with E-state index in [9.17, 15) is 39.5 Å². The van der Waals surface area contributed by atoms with Gasteiger partial charge in [-0.2, -0.15) is 30.7 Å². The molecule has 0 heterocycles. The standard InChI is InChI=1S/C4HF9.5FH/c5-1(6)2(7,8)3(9,10)4(11,12)13;;;;;/h1H;5*1H/p-5. The molecular weight excluding hydrogens is 314 g/mol. The Morgan fingerprint density at radius 3 is 0.833 bits per heavy atom. The van der Waals surface area contributed by atoms with Gasteiger partial charge in [-0.05, 0) is 0 Å². The molecule has 0 bridgehead atoms. The highest BCUT2D eigenvalue weighted by Crippen LogP contribution is 2.48. The molecule has 0 aromatic rings. The molecule has 0 aromatic carbocycles. The summed E-state index contributed by atoms with van der Waals surface area (Å²) >= 11 is 0. The molecule has 0 amide bonds. The zero-order valence-electron chi connectivity index (χ0n) is 7.37. The fourth-order valence-corrected chi connectivity index (χ4v) is 0.326. The van der Waals surface area contributed by atoms with Gasteiger partial charge >= 0.3 is 24.4 Å². The van der Waals surface area contributed by atoms with Gasteiger partial charge in [0.1, 0.15) is 0 Å². The van der Waals surface area contributed by atoms with Crippen molar-refractivity contribution in [2.45, 2.75) is 24.4 Å². The molecule has 0 aliphatic rings. The maximum atomic E-state index is 11.6. The molecule has 0 aliphatic carbocycles. The Labute approximate surface area is 89.0 Å². The summed E-state index contributed by atoms with van der Waals surface area (Å²) in [6, 6.07) is 0. The van der Waals surface area contributed by atoms with Gasteiger partial charge in [0.2, 0.25) is 0 Å². The van der Waals surface area contributed by atoms with Crippen LogP contribution in [-0.4, -0.2) is 24.4 Å². The Morgan fingerprint density at radius 1 is 0.556 bits per heavy atom. The lowest BCUT2D eigenvalue weighted by molar-refractivity contribution is -0.375. The van der Waals surface area contributed by atoms with Crippen LogP contribution in [-0.2, 0) is 0 Å². The summed E-state index contributed by atoms with van der Waals surface area (Å²) in [6.07, 6.45) is -11.8. The quantitative estimate of drug-likeness (QED) is 0.444. The third-order valence-corrected chi connectivity index (χ3v) is 1.05. The average molecular weight is 315 g/mol. The van der Waals surface area contributed by atoms with Crippen LogP contribution in [0.4, 0.5) is 39.5 Å². The summed E-state index contributed by atoms with van der Waals surface area (Å²) in [5, 5.41) is 0. The molecule has 0 spiro atoms. The van der Waals surface area contributed by atoms with Gasteiger partial charge in [-0.1, -0.05) is 0 Å². The molecule has 0 saturated heterocycles. The van der Waals surface area contributed by atoms with Crippen molar-refractivity contribution in [1.29, 1.82) is 0 Å². The Morgan fingerprint density at radius 2 is 0.778 bits per heavy atom. The fourth-order valence-electron chi connectivity index (χ4n) is 0.326. The van der Waals surface area contributed by atoms with E-state index >= 15 is 0 Å². The predicted molar refractivity (Wildman–Crippen MR) is 22.0 cm³/mol. The van der Waals surface area contributed by atoms with Crippen molar-refractivity contribution in [3.63, 3.8) is 0 Å². The Hall–Kier alpha value is -0.980. The van der Waals surface area contributed by atoms with E-state index in [2.05, 4.69) is 0 Å². The zero-order valence-corrected chi connectivity index (χ0v) is 7.37. The summed E-state index contributed by atoms with van der Waals surface area (Å²) in [4.78, 5) is 0. The van der Waals surface area contributed by atoms with Gasteiger partial charge in [0, 0.05) is 0 Å². The second-order valence-electron chi connectivity index (χ2n) is 2.00. The summed E-state index contributed by atoms with van der Waals surface area (Å²) in [5.41, 5.74) is 0. The first-order chi connectivity index (χ1) is 5.44. The SMILES string of the molecule is FC(F)C(F)(F)C(F)(F)C(F)(F)F.[F-].[F-].[F-].[F-].[F-]. The summed E-state index contributed by atoms with van der Waals surface area (Å²) in [6.45, 7) is 0. The van der Waals surface area contributed by atoms with Crippen LogP contribution >= 0.6 is 0 Å². The van der Waals surface area contributed by atoms with Crippen molar-refractivity contribution >= 4 is 0 Å². The predicted octanol–water partition coefficient (Wildman–Crippen LogP) is -11.9. The Kier molecular flexibility index (Phi) is 18.0. The highest BCUT2D eigenvalue weighted by Gasteiger charge is 2.76. The van der Waals surface area contributed by atoms with Crippen molar-refractivity contribution in [3.05, 3.63) is 0 Å². The summed E-state index contributed by atoms with van der Waals surface area (Å²) in [7, 11) is 0. The first kappa shape index (κ1) is 36.0. The second-order valence-corrected chi connectivity index (χ2v) is 2.00. The molecule has 0 unspecified atom stereocenters. The average Bonchev–Trinajstić information content (AvgIpc) is 1.84. The Balaban J connectivity index is -0.0000000720. The molecule has 14 heteroatoms. The zero-order chi connectivity index (χ0) is 11.1. The molecule has 0 radical (unpaired) electrons. The van der Waals surface area contributed by atoms with Crippen molar-refractivity contribution in [3.8, 4) is 0 Å². The van der Waals surface area contributed by atoms with Gasteiger partial charge < -0.3 is 23.5 Å². The minimum absolute atomic E-state index is 0. The summed E-state index contributed by atoms with van der Waals surface area (Å²) in [5.74, 6) is -13.1. The molecule has 0 N–H and O–H groups in total. The van der Waals surface area contributed by atoms with E-state index in [4.69, 9.17) is 0 Å². The maximum absolute atomic E-state index is 11.6. The normalized spacial score (nSPS) is 11.0. The highest BCUT2D eigenvalue weighted by molar-refractivity contribution is 4.92. The Bertz CT molecular complexity index is 179. The minimum Gasteiger partial charge on any atom is -1.00 e. The topological polar surface area (TPSA) is 0 Å². The van der Waals surface area contributed by atoms with Gasteiger partial charge in [-0.15, -0.1) is 0 Å². The number of hydrogen-bond donors (Lipinski definition) is 0. The molecule has 0 saturated carbocycles. The number of rotatable bonds is 2. The summed E-state index contributed by atoms with van der Waals surface area (Å²) < 4.78 is 102. The molecular formula is C4HF14-5. The smallest absolute Gasteiger partial charge is 0.460 e. The van der Waals surface area contributed by atoms with Gasteiger partial charge in [0.25, 0.3) is 0 Å². The lowest BCUT2D eigenvalue weighted by atomic mass is 10.2. The number of halogens is 14. The van der Waals surface area contributed by atoms with E-state index in [-0.39, 0.29) is 23.5 Å². The molecule has 0 aliphatic heterocycles. The van der Waals surface area contributed by atoms with E-state index in [1.165, 1.54) is 0 Å². The lowest BCUT2D eigenvalue weighted by Crippen LogP contribution is -3.00. The van der Waals surface area contributed by atoms with Crippen molar-refractivity contribution in [1.82, 2.24) is 0 Å². The monoisotopic (exact) mass is 315 g/mol. The van der Waals surface area contributed by atoms with Crippen LogP contribution < -0.4 is 23.5 Å². The highest BCUT2D eigenvalue weighted by atomic mass is 19.4. The van der Waals surface area contributed by atoms with E-state index in [1.807, 2.05) is 0 Å². The first-order valence-electron chi connectivity index (χ1n) is 2.55. The van der Waals surface area contributed by atoms with Crippen LogP contribution in [0.1, 0.15) is 0 Å². The van der Waals surface area contributed by atoms with Gasteiger partial charge in [-0.25, -0.2) is 8.78 Å². The van der Waals surface area contributed by atoms with Crippen LogP contribution in [0, 0.1) is 0 Å². The van der Waals surface area contributed by atoms with E-state index in [1.54, 1.807) is 0 Å². The third-order valence-electron chi connectivity index (χ3n) is 1.05. The van der Waals surface area contributed by atoms with Crippen LogP contribution in [0.15, 0.2) is 0 Å². The fraction of sp³-hybridized carbons (Fsp3) is 1.00. The largest absolute Gasteiger partial charge is 1.00 e. The lowest BCUT2D eigenvalue weighted by Gasteiger charge is -2.27. The second kappa shape index (κ2) is 9.02. The van der Waals surface area contributed by atoms with Crippen molar-refractivity contribution < 1.29 is 63.0 Å². The molecule has 0 atom stereocenters. The maximum Gasteiger partial charge on any atom is 0.460 e. The molecule has 120 valence electrons. The first-order valence-corrected chi connectivity index (χ1v) is 2.55. The van der Waals surface area contributed by atoms with Gasteiger partial charge in [-0.3, -0.25) is 0 Å². The van der Waals surface area contributed by atoms with Crippen LogP contribution in [0.2, 0.25) is 0 Å². The van der Waals surface area contributed by atoms with Gasteiger partial charge in [0.05, 0.1) is 0 Å². The third kappa shape index (κ3) is 5.57. The molecule has 0 nitrogen and oxygen atoms in total. The van der Waals surface area contributed by atoms with Crippen LogP contribution in [0.5, 0.6) is 0 Å².